The molecular weight excluding hydrogens is 267 g/mol. The Labute approximate surface area is 111 Å². The molecule has 2 aromatic heterocycles. The molecule has 2 atom stereocenters. The first-order valence-corrected chi connectivity index (χ1v) is 5.63. The number of fused-ring (bicyclic) bond motifs is 1. The van der Waals surface area contributed by atoms with E-state index in [-0.39, 0.29) is 17.0 Å². The van der Waals surface area contributed by atoms with Gasteiger partial charge in [-0.15, -0.1) is 0 Å². The van der Waals surface area contributed by atoms with E-state index in [4.69, 9.17) is 15.7 Å². The lowest BCUT2D eigenvalue weighted by atomic mass is 10.1. The van der Waals surface area contributed by atoms with E-state index in [1.807, 2.05) is 6.07 Å². The van der Waals surface area contributed by atoms with Crippen LogP contribution in [0.2, 0.25) is 0 Å². The fourth-order valence-corrected chi connectivity index (χ4v) is 1.97. The molecule has 0 saturated heterocycles. The Hall–Kier alpha value is -2.57. The Morgan fingerprint density at radius 1 is 1.60 bits per heavy atom. The number of hydrogen-bond donors (Lipinski definition) is 2. The van der Waals surface area contributed by atoms with E-state index in [1.54, 1.807) is 6.08 Å². The fourth-order valence-electron chi connectivity index (χ4n) is 1.97. The molecule has 0 bridgehead atoms. The number of imidazole rings is 1. The van der Waals surface area contributed by atoms with Crippen molar-refractivity contribution in [1.29, 1.82) is 5.26 Å². The van der Waals surface area contributed by atoms with Crippen molar-refractivity contribution in [3.05, 3.63) is 24.6 Å². The first-order chi connectivity index (χ1) is 9.58. The van der Waals surface area contributed by atoms with Crippen LogP contribution in [0.25, 0.3) is 11.2 Å². The van der Waals surface area contributed by atoms with Crippen LogP contribution in [-0.2, 0) is 4.74 Å². The molecule has 0 aromatic carbocycles. The van der Waals surface area contributed by atoms with Crippen molar-refractivity contribution in [2.75, 3.05) is 12.3 Å². The molecule has 3 heterocycles. The predicted molar refractivity (Wildman–Crippen MR) is 64.4 cm³/mol. The highest BCUT2D eigenvalue weighted by molar-refractivity contribution is 5.81. The number of nitrogen functional groups attached to an aromatic ring is 1. The number of aliphatic hydroxyl groups excluding tert-OH is 1. The second kappa shape index (κ2) is 4.22. The van der Waals surface area contributed by atoms with Crippen molar-refractivity contribution in [1.82, 2.24) is 19.5 Å². The zero-order chi connectivity index (χ0) is 14.3. The predicted octanol–water partition coefficient (Wildman–Crippen LogP) is -0.113. The number of hydrogen-bond acceptors (Lipinski definition) is 7. The van der Waals surface area contributed by atoms with E-state index in [0.29, 0.717) is 0 Å². The van der Waals surface area contributed by atoms with E-state index < -0.39 is 24.5 Å². The molecule has 20 heavy (non-hydrogen) atoms. The number of halogens is 1. The van der Waals surface area contributed by atoms with Gasteiger partial charge in [0.15, 0.2) is 28.8 Å². The summed E-state index contributed by atoms with van der Waals surface area (Å²) in [7, 11) is 0. The molecule has 0 unspecified atom stereocenters. The second-order valence-corrected chi connectivity index (χ2v) is 4.23. The molecule has 0 amide bonds. The zero-order valence-corrected chi connectivity index (χ0v) is 10.1. The minimum Gasteiger partial charge on any atom is -0.392 e. The number of aliphatic hydroxyl groups is 1. The van der Waals surface area contributed by atoms with Gasteiger partial charge < -0.3 is 15.6 Å². The zero-order valence-electron chi connectivity index (χ0n) is 10.1. The van der Waals surface area contributed by atoms with Crippen LogP contribution in [0.15, 0.2) is 18.5 Å². The minimum absolute atomic E-state index is 0.0815. The first-order valence-electron chi connectivity index (χ1n) is 5.63. The van der Waals surface area contributed by atoms with Gasteiger partial charge in [-0.1, -0.05) is 0 Å². The fraction of sp³-hybridized carbons (Fsp3) is 0.273. The molecule has 0 spiro atoms. The van der Waals surface area contributed by atoms with Crippen molar-refractivity contribution >= 4 is 17.0 Å². The monoisotopic (exact) mass is 276 g/mol. The molecular formula is C11H9FN6O2. The van der Waals surface area contributed by atoms with Crippen LogP contribution in [0.1, 0.15) is 6.23 Å². The van der Waals surface area contributed by atoms with Crippen molar-refractivity contribution in [2.45, 2.75) is 11.8 Å². The third-order valence-corrected chi connectivity index (χ3v) is 2.98. The SMILES string of the molecule is N#C[C@@]1(CO)C=C[C@H](n2cnc3c(N)nc(F)nc32)O1. The molecule has 3 rings (SSSR count). The third-order valence-electron chi connectivity index (χ3n) is 2.98. The van der Waals surface area contributed by atoms with Crippen LogP contribution < -0.4 is 5.73 Å². The number of rotatable bonds is 2. The van der Waals surface area contributed by atoms with Crippen LogP contribution in [-0.4, -0.2) is 36.8 Å². The molecule has 0 aliphatic carbocycles. The first kappa shape index (κ1) is 12.5. The standard InChI is InChI=1S/C11H9FN6O2/c12-10-16-8(14)7-9(17-10)18(5-15-7)6-1-2-11(3-13,4-19)20-6/h1-2,5-6,19H,4H2,(H2,14,16,17)/t6-,11-/m1/s1. The lowest BCUT2D eigenvalue weighted by molar-refractivity contribution is -0.0482. The molecule has 9 heteroatoms. The Kier molecular flexibility index (Phi) is 2.63. The molecule has 0 fully saturated rings. The van der Waals surface area contributed by atoms with Crippen molar-refractivity contribution in [2.24, 2.45) is 0 Å². The van der Waals surface area contributed by atoms with Crippen LogP contribution in [0.5, 0.6) is 0 Å². The molecule has 8 nitrogen and oxygen atoms in total. The number of nitrogens with zero attached hydrogens (tertiary/aromatic N) is 5. The number of anilines is 1. The summed E-state index contributed by atoms with van der Waals surface area (Å²) in [6, 6.07) is 1.87. The quantitative estimate of drug-likeness (QED) is 0.579. The summed E-state index contributed by atoms with van der Waals surface area (Å²) >= 11 is 0. The van der Waals surface area contributed by atoms with Gasteiger partial charge in [-0.2, -0.15) is 19.6 Å². The van der Waals surface area contributed by atoms with Crippen molar-refractivity contribution < 1.29 is 14.2 Å². The summed E-state index contributed by atoms with van der Waals surface area (Å²) in [6.07, 6.45) is 2.63. The highest BCUT2D eigenvalue weighted by atomic mass is 19.1. The Bertz CT molecular complexity index is 751. The van der Waals surface area contributed by atoms with Crippen LogP contribution >= 0.6 is 0 Å². The van der Waals surface area contributed by atoms with E-state index in [1.165, 1.54) is 17.0 Å². The van der Waals surface area contributed by atoms with Gasteiger partial charge in [0, 0.05) is 0 Å². The van der Waals surface area contributed by atoms with Crippen LogP contribution in [0, 0.1) is 17.4 Å². The lowest BCUT2D eigenvalue weighted by Crippen LogP contribution is -2.31. The summed E-state index contributed by atoms with van der Waals surface area (Å²) < 4.78 is 20.1. The maximum atomic E-state index is 13.2. The highest BCUT2D eigenvalue weighted by Gasteiger charge is 2.36. The van der Waals surface area contributed by atoms with Gasteiger partial charge in [-0.05, 0) is 12.2 Å². The second-order valence-electron chi connectivity index (χ2n) is 4.23. The average molecular weight is 276 g/mol. The van der Waals surface area contributed by atoms with Crippen molar-refractivity contribution in [3.8, 4) is 6.07 Å². The summed E-state index contributed by atoms with van der Waals surface area (Å²) in [4.78, 5) is 11.0. The Balaban J connectivity index is 2.06. The van der Waals surface area contributed by atoms with E-state index in [9.17, 15) is 9.50 Å². The number of nitrogens with two attached hydrogens (primary N) is 1. The summed E-state index contributed by atoms with van der Waals surface area (Å²) in [6.45, 7) is -0.491. The molecule has 1 aliphatic heterocycles. The molecule has 2 aromatic rings. The normalized spacial score (nSPS) is 25.1. The maximum Gasteiger partial charge on any atom is 0.312 e. The maximum absolute atomic E-state index is 13.2. The van der Waals surface area contributed by atoms with E-state index >= 15 is 0 Å². The number of aromatic nitrogens is 4. The number of nitriles is 1. The van der Waals surface area contributed by atoms with Gasteiger partial charge in [0.2, 0.25) is 0 Å². The van der Waals surface area contributed by atoms with Gasteiger partial charge >= 0.3 is 6.08 Å². The average Bonchev–Trinajstić information content (AvgIpc) is 3.02. The van der Waals surface area contributed by atoms with Gasteiger partial charge in [0.25, 0.3) is 0 Å². The third kappa shape index (κ3) is 1.70. The van der Waals surface area contributed by atoms with Gasteiger partial charge in [0.1, 0.15) is 6.07 Å². The minimum atomic E-state index is -1.42. The Morgan fingerprint density at radius 3 is 3.05 bits per heavy atom. The van der Waals surface area contributed by atoms with Gasteiger partial charge in [-0.3, -0.25) is 4.57 Å². The molecule has 0 saturated carbocycles. The van der Waals surface area contributed by atoms with Gasteiger partial charge in [-0.25, -0.2) is 4.98 Å². The summed E-state index contributed by atoms with van der Waals surface area (Å²) in [5, 5.41) is 18.2. The van der Waals surface area contributed by atoms with Crippen LogP contribution in [0.4, 0.5) is 10.2 Å². The largest absolute Gasteiger partial charge is 0.392 e. The molecule has 3 N–H and O–H groups in total. The highest BCUT2D eigenvalue weighted by Crippen LogP contribution is 2.31. The molecule has 1 aliphatic rings. The van der Waals surface area contributed by atoms with Crippen molar-refractivity contribution in [3.63, 3.8) is 0 Å². The number of ether oxygens (including phenoxy) is 1. The van der Waals surface area contributed by atoms with Gasteiger partial charge in [0.05, 0.1) is 12.9 Å². The smallest absolute Gasteiger partial charge is 0.312 e. The lowest BCUT2D eigenvalue weighted by Gasteiger charge is -2.19. The topological polar surface area (TPSA) is 123 Å². The molecule has 0 radical (unpaired) electrons. The summed E-state index contributed by atoms with van der Waals surface area (Å²) in [5.41, 5.74) is 4.53. The molecule has 102 valence electrons. The van der Waals surface area contributed by atoms with E-state index in [2.05, 4.69) is 15.0 Å². The Morgan fingerprint density at radius 2 is 2.40 bits per heavy atom. The van der Waals surface area contributed by atoms with E-state index in [0.717, 1.165) is 0 Å². The van der Waals surface area contributed by atoms with Crippen LogP contribution in [0.3, 0.4) is 0 Å². The summed E-state index contributed by atoms with van der Waals surface area (Å²) in [5.74, 6) is -0.0815.